The highest BCUT2D eigenvalue weighted by atomic mass is 32.2. The zero-order chi connectivity index (χ0) is 36.3. The van der Waals surface area contributed by atoms with Crippen molar-refractivity contribution in [3.63, 3.8) is 0 Å². The van der Waals surface area contributed by atoms with Crippen molar-refractivity contribution in [3.05, 3.63) is 35.1 Å². The van der Waals surface area contributed by atoms with Crippen molar-refractivity contribution in [1.29, 1.82) is 0 Å². The number of hydrogen-bond donors (Lipinski definition) is 4. The summed E-state index contributed by atoms with van der Waals surface area (Å²) in [6.07, 6.45) is -19.8. The lowest BCUT2D eigenvalue weighted by molar-refractivity contribution is -0.0629. The highest BCUT2D eigenvalue weighted by Crippen LogP contribution is 2.44. The predicted octanol–water partition coefficient (Wildman–Crippen LogP) is 2.18. The van der Waals surface area contributed by atoms with Gasteiger partial charge in [-0.2, -0.15) is 0 Å². The van der Waals surface area contributed by atoms with Gasteiger partial charge >= 0.3 is 0 Å². The maximum atomic E-state index is 14.4. The zero-order valence-electron chi connectivity index (χ0n) is 31.1. The smallest absolute Gasteiger partial charge is 0.191 e. The van der Waals surface area contributed by atoms with Crippen LogP contribution < -0.4 is 5.32 Å². The summed E-state index contributed by atoms with van der Waals surface area (Å²) in [6.45, 7) is 0.785. The summed E-state index contributed by atoms with van der Waals surface area (Å²) in [5, 5.41) is 41.0. The lowest BCUT2D eigenvalue weighted by atomic mass is 10.1. The van der Waals surface area contributed by atoms with E-state index in [0.717, 1.165) is 6.92 Å². The fourth-order valence-corrected chi connectivity index (χ4v) is 4.00. The molecule has 10 nitrogen and oxygen atoms in total. The summed E-state index contributed by atoms with van der Waals surface area (Å²) < 4.78 is 121. The monoisotopic (exact) mass is 530 g/mol. The molecule has 0 bridgehead atoms. The Labute approximate surface area is 229 Å². The molecule has 12 heteroatoms. The first-order valence-corrected chi connectivity index (χ1v) is 11.6. The largest absolute Gasteiger partial charge is 0.394 e. The Balaban J connectivity index is 1.70. The number of aromatic nitrogens is 5. The van der Waals surface area contributed by atoms with Crippen LogP contribution in [0.5, 0.6) is 0 Å². The number of thioether (sulfide) groups is 1. The number of aliphatic hydroxyl groups excluding tert-OH is 1. The molecule has 0 spiro atoms. The average Bonchev–Trinajstić information content (AvgIpc) is 3.24. The Kier molecular flexibility index (Phi) is 4.25. The molecule has 2 aromatic heterocycles. The quantitative estimate of drug-likeness (QED) is 0.228. The van der Waals surface area contributed by atoms with Crippen LogP contribution >= 0.6 is 11.8 Å². The second-order valence-corrected chi connectivity index (χ2v) is 8.60. The molecule has 0 amide bonds. The third kappa shape index (κ3) is 4.92. The minimum atomic E-state index is -3.99. The highest BCUT2D eigenvalue weighted by molar-refractivity contribution is 7.99. The molecule has 36 heavy (non-hydrogen) atoms. The molecule has 2 aliphatic rings. The summed E-state index contributed by atoms with van der Waals surface area (Å²) in [4.78, 5) is 8.24. The van der Waals surface area contributed by atoms with Crippen molar-refractivity contribution in [3.8, 4) is 0 Å². The van der Waals surface area contributed by atoms with E-state index in [1.54, 1.807) is 0 Å². The SMILES string of the molecule is [2H]C1([2H])[C@@H](Nc2nc(SC([2H])([2H])C([2H])([2H])C)nc3c2nnn3[C@]2([2H])C([2H])([2H])[C@]([2H])(OCCO)[C@@]([2H])(O)[C@@]2([2H])O)[C@@H]1c1ccc(C)c(F)c1. The van der Waals surface area contributed by atoms with Crippen LogP contribution in [0.3, 0.4) is 0 Å². The lowest BCUT2D eigenvalue weighted by Gasteiger charge is -2.17. The molecule has 2 aliphatic carbocycles. The van der Waals surface area contributed by atoms with E-state index in [4.69, 9.17) is 21.2 Å². The topological polar surface area (TPSA) is 138 Å². The number of benzene rings is 1. The number of anilines is 1. The molecule has 1 aromatic carbocycles. The van der Waals surface area contributed by atoms with Crippen LogP contribution in [0.1, 0.15) is 65.6 Å². The average molecular weight is 531 g/mol. The number of nitrogens with one attached hydrogen (secondary N) is 1. The molecule has 4 N–H and O–H groups in total. The molecule has 2 heterocycles. The van der Waals surface area contributed by atoms with Gasteiger partial charge in [0, 0.05) is 35.0 Å². The van der Waals surface area contributed by atoms with Crippen molar-refractivity contribution < 1.29 is 40.9 Å². The van der Waals surface area contributed by atoms with E-state index >= 15 is 0 Å². The van der Waals surface area contributed by atoms with Gasteiger partial charge in [-0.1, -0.05) is 36.0 Å². The van der Waals surface area contributed by atoms with Crippen molar-refractivity contribution in [2.45, 2.75) is 74.3 Å². The van der Waals surface area contributed by atoms with Gasteiger partial charge in [0.1, 0.15) is 18.0 Å². The van der Waals surface area contributed by atoms with Crippen molar-refractivity contribution in [2.24, 2.45) is 0 Å². The number of halogens is 1. The summed E-state index contributed by atoms with van der Waals surface area (Å²) in [5.41, 5.74) is -3.31. The summed E-state index contributed by atoms with van der Waals surface area (Å²) in [5.74, 6) is -1.92. The number of ether oxygens (including phenoxy) is 1. The van der Waals surface area contributed by atoms with E-state index in [9.17, 15) is 19.7 Å². The Morgan fingerprint density at radius 1 is 1.33 bits per heavy atom. The molecule has 3 aromatic rings. The van der Waals surface area contributed by atoms with Crippen LogP contribution in [0, 0.1) is 12.7 Å². The van der Waals surface area contributed by atoms with Gasteiger partial charge in [-0.05, 0) is 36.9 Å². The second-order valence-electron chi connectivity index (χ2n) is 7.83. The van der Waals surface area contributed by atoms with E-state index in [2.05, 4.69) is 25.6 Å². The van der Waals surface area contributed by atoms with Gasteiger partial charge in [-0.15, -0.1) is 5.10 Å². The van der Waals surface area contributed by atoms with E-state index in [1.807, 2.05) is 0 Å². The fraction of sp³-hybridized carbons (Fsp3) is 0.583. The minimum absolute atomic E-state index is 0.138. The Morgan fingerprint density at radius 2 is 2.17 bits per heavy atom. The molecule has 6 atom stereocenters. The molecular formula is C24H31FN6O4S. The molecule has 0 saturated heterocycles. The van der Waals surface area contributed by atoms with E-state index in [-0.39, 0.29) is 22.0 Å². The molecule has 0 aliphatic heterocycles. The molecule has 5 rings (SSSR count). The first kappa shape index (κ1) is 14.5. The Morgan fingerprint density at radius 3 is 2.92 bits per heavy atom. The second kappa shape index (κ2) is 10.5. The van der Waals surface area contributed by atoms with Gasteiger partial charge < -0.3 is 25.4 Å². The van der Waals surface area contributed by atoms with Gasteiger partial charge in [0.15, 0.2) is 22.1 Å². The first-order chi connectivity index (χ1) is 21.7. The van der Waals surface area contributed by atoms with Crippen LogP contribution in [-0.2, 0) is 4.74 Å². The third-order valence-corrected chi connectivity index (χ3v) is 6.07. The van der Waals surface area contributed by atoms with Crippen molar-refractivity contribution in [2.75, 3.05) is 24.2 Å². The fourth-order valence-electron chi connectivity index (χ4n) is 3.54. The molecule has 194 valence electrons. The number of aliphatic hydroxyl groups is 3. The van der Waals surface area contributed by atoms with Crippen LogP contribution in [0.15, 0.2) is 23.4 Å². The first-order valence-electron chi connectivity index (χ1n) is 16.8. The molecule has 2 saturated carbocycles. The predicted molar refractivity (Wildman–Crippen MR) is 133 cm³/mol. The van der Waals surface area contributed by atoms with Crippen LogP contribution in [0.2, 0.25) is 0 Å². The van der Waals surface area contributed by atoms with Gasteiger partial charge in [-0.25, -0.2) is 19.0 Å². The van der Waals surface area contributed by atoms with Crippen LogP contribution in [0.25, 0.3) is 11.2 Å². The molecule has 2 fully saturated rings. The minimum Gasteiger partial charge on any atom is -0.394 e. The van der Waals surface area contributed by atoms with E-state index in [1.165, 1.54) is 25.1 Å². The van der Waals surface area contributed by atoms with Crippen LogP contribution in [-0.4, -0.2) is 83.5 Å². The number of fused-ring (bicyclic) bond motifs is 1. The number of nitrogens with zero attached hydrogens (tertiary/aromatic N) is 5. The van der Waals surface area contributed by atoms with Crippen molar-refractivity contribution in [1.82, 2.24) is 25.0 Å². The number of rotatable bonds is 10. The maximum absolute atomic E-state index is 14.4. The normalized spacial score (nSPS) is 44.3. The highest BCUT2D eigenvalue weighted by Gasteiger charge is 2.45. The number of hydrogen-bond acceptors (Lipinski definition) is 10. The Bertz CT molecular complexity index is 1760. The van der Waals surface area contributed by atoms with Gasteiger partial charge in [0.2, 0.25) is 0 Å². The third-order valence-electron chi connectivity index (χ3n) is 5.40. The summed E-state index contributed by atoms with van der Waals surface area (Å²) >= 11 is 0.138. The van der Waals surface area contributed by atoms with Gasteiger partial charge in [0.25, 0.3) is 0 Å². The standard InChI is InChI=1S/C24H31FN6O4S/c1-3-8-36-24-27-22(26-16-10-14(16)13-5-4-12(2)15(25)9-13)19-23(28-24)31(30-29-19)17-11-18(35-7-6-32)21(34)20(17)33/h4-5,9,14,16-18,20-21,32-34H,3,6-8,10-11H2,1-2H3,(H,26,27,28)/t14-,16+,17+,18-,20-,21+/m0/s1/i3D2,8D2,10D2,11D2,17D,18D,20D,21D. The number of aryl methyl sites for hydroxylation is 1. The molecular weight excluding hydrogens is 487 g/mol. The van der Waals surface area contributed by atoms with Gasteiger partial charge in [0.05, 0.1) is 30.8 Å². The summed E-state index contributed by atoms with van der Waals surface area (Å²) in [7, 11) is 0. The molecule has 0 radical (unpaired) electrons. The summed E-state index contributed by atoms with van der Waals surface area (Å²) in [6, 6.07) is -0.653. The van der Waals surface area contributed by atoms with Crippen LogP contribution in [0.4, 0.5) is 10.2 Å². The zero-order valence-corrected chi connectivity index (χ0v) is 19.9. The lowest BCUT2D eigenvalue weighted by Crippen LogP contribution is -2.33. The molecule has 0 unspecified atom stereocenters. The Hall–Kier alpha value is -2.38. The van der Waals surface area contributed by atoms with Crippen molar-refractivity contribution >= 4 is 28.7 Å². The van der Waals surface area contributed by atoms with E-state index in [0.29, 0.717) is 5.56 Å². The maximum Gasteiger partial charge on any atom is 0.191 e. The van der Waals surface area contributed by atoms with E-state index < -0.39 is 102 Å². The van der Waals surface area contributed by atoms with Gasteiger partial charge in [-0.3, -0.25) is 0 Å².